The van der Waals surface area contributed by atoms with Crippen LogP contribution >= 0.6 is 0 Å². The van der Waals surface area contributed by atoms with Crippen LogP contribution in [0.25, 0.3) is 0 Å². The third-order valence-electron chi connectivity index (χ3n) is 4.88. The molecule has 1 aromatic rings. The number of carbonyl (C=O) groups is 3. The van der Waals surface area contributed by atoms with Crippen LogP contribution in [0.3, 0.4) is 0 Å². The summed E-state index contributed by atoms with van der Waals surface area (Å²) in [7, 11) is -3.64. The Morgan fingerprint density at radius 2 is 1.66 bits per heavy atom. The zero-order valence-electron chi connectivity index (χ0n) is 16.8. The van der Waals surface area contributed by atoms with E-state index in [2.05, 4.69) is 0 Å². The number of nitrogens with one attached hydrogen (secondary N) is 1. The van der Waals surface area contributed by atoms with Crippen LogP contribution in [0.15, 0.2) is 29.2 Å². The number of carbonyl (C=O) groups excluding carboxylic acids is 3. The molecule has 0 unspecified atom stereocenters. The molecule has 1 aromatic carbocycles. The molecule has 1 fully saturated rings. The van der Waals surface area contributed by atoms with Gasteiger partial charge in [0.2, 0.25) is 10.0 Å². The molecule has 1 heterocycles. The van der Waals surface area contributed by atoms with Crippen molar-refractivity contribution in [3.8, 4) is 0 Å². The van der Waals surface area contributed by atoms with Crippen LogP contribution in [0.1, 0.15) is 45.1 Å². The zero-order chi connectivity index (χ0) is 21.8. The Morgan fingerprint density at radius 1 is 1.10 bits per heavy atom. The summed E-state index contributed by atoms with van der Waals surface area (Å²) in [6, 6.07) is 5.78. The number of sulfonamides is 1. The van der Waals surface area contributed by atoms with E-state index in [0.717, 1.165) is 5.56 Å². The number of piperidine rings is 1. The van der Waals surface area contributed by atoms with Gasteiger partial charge in [-0.2, -0.15) is 4.31 Å². The number of benzene rings is 1. The van der Waals surface area contributed by atoms with E-state index >= 15 is 0 Å². The highest BCUT2D eigenvalue weighted by Gasteiger charge is 2.34. The van der Waals surface area contributed by atoms with Crippen LogP contribution in [0.4, 0.5) is 4.79 Å². The SMILES string of the molecule is CC(C)c1ccc(S(=O)(=O)N2CCC(C(=O)O[C@H](C)C(=O)NC(N)=O)CC2)cc1. The maximum atomic E-state index is 12.8. The van der Waals surface area contributed by atoms with E-state index < -0.39 is 40.0 Å². The van der Waals surface area contributed by atoms with Gasteiger partial charge in [-0.25, -0.2) is 13.2 Å². The molecule has 1 saturated heterocycles. The van der Waals surface area contributed by atoms with Gasteiger partial charge in [0, 0.05) is 13.1 Å². The fourth-order valence-electron chi connectivity index (χ4n) is 3.05. The summed E-state index contributed by atoms with van der Waals surface area (Å²) in [4.78, 5) is 34.8. The van der Waals surface area contributed by atoms with Gasteiger partial charge in [-0.1, -0.05) is 26.0 Å². The molecule has 0 spiro atoms. The van der Waals surface area contributed by atoms with Crippen LogP contribution in [0.2, 0.25) is 0 Å². The topological polar surface area (TPSA) is 136 Å². The monoisotopic (exact) mass is 425 g/mol. The Labute approximate surface area is 170 Å². The second-order valence-electron chi connectivity index (χ2n) is 7.33. The van der Waals surface area contributed by atoms with Crippen molar-refractivity contribution < 1.29 is 27.5 Å². The number of nitrogens with two attached hydrogens (primary N) is 1. The van der Waals surface area contributed by atoms with Crippen molar-refractivity contribution >= 4 is 27.9 Å². The molecule has 3 N–H and O–H groups in total. The molecule has 29 heavy (non-hydrogen) atoms. The molecule has 10 heteroatoms. The van der Waals surface area contributed by atoms with Gasteiger partial charge < -0.3 is 10.5 Å². The van der Waals surface area contributed by atoms with Crippen molar-refractivity contribution in [2.75, 3.05) is 13.1 Å². The molecule has 9 nitrogen and oxygen atoms in total. The summed E-state index contributed by atoms with van der Waals surface area (Å²) >= 11 is 0. The highest BCUT2D eigenvalue weighted by Crippen LogP contribution is 2.26. The second-order valence-corrected chi connectivity index (χ2v) is 9.27. The Morgan fingerprint density at radius 3 is 2.14 bits per heavy atom. The maximum absolute atomic E-state index is 12.8. The number of urea groups is 1. The van der Waals surface area contributed by atoms with Gasteiger partial charge >= 0.3 is 12.0 Å². The molecule has 0 aromatic heterocycles. The third-order valence-corrected chi connectivity index (χ3v) is 6.79. The first-order chi connectivity index (χ1) is 13.5. The minimum Gasteiger partial charge on any atom is -0.452 e. The molecule has 3 amide bonds. The molecule has 1 atom stereocenters. The van der Waals surface area contributed by atoms with Crippen LogP contribution in [-0.2, 0) is 24.3 Å². The molecular weight excluding hydrogens is 398 g/mol. The minimum absolute atomic E-state index is 0.176. The lowest BCUT2D eigenvalue weighted by atomic mass is 9.98. The summed E-state index contributed by atoms with van der Waals surface area (Å²) in [5, 5.41) is 1.84. The molecule has 0 saturated carbocycles. The van der Waals surface area contributed by atoms with E-state index in [-0.39, 0.29) is 30.8 Å². The lowest BCUT2D eigenvalue weighted by molar-refractivity contribution is -0.159. The Balaban J connectivity index is 1.94. The zero-order valence-corrected chi connectivity index (χ0v) is 17.6. The van der Waals surface area contributed by atoms with Crippen molar-refractivity contribution in [3.05, 3.63) is 29.8 Å². The van der Waals surface area contributed by atoms with Gasteiger partial charge in [0.25, 0.3) is 5.91 Å². The highest BCUT2D eigenvalue weighted by molar-refractivity contribution is 7.89. The number of esters is 1. The lowest BCUT2D eigenvalue weighted by Gasteiger charge is -2.30. The van der Waals surface area contributed by atoms with E-state index in [1.54, 1.807) is 24.3 Å². The standard InChI is InChI=1S/C19H27N3O6S/c1-12(2)14-4-6-16(7-5-14)29(26,27)22-10-8-15(9-11-22)18(24)28-13(3)17(23)21-19(20)25/h4-7,12-13,15H,8-11H2,1-3H3,(H3,20,21,23,25)/t13-/m1/s1. The number of rotatable bonds is 6. The quantitative estimate of drug-likeness (QED) is 0.660. The van der Waals surface area contributed by atoms with E-state index in [0.29, 0.717) is 5.92 Å². The van der Waals surface area contributed by atoms with Crippen LogP contribution in [0.5, 0.6) is 0 Å². The number of amides is 3. The van der Waals surface area contributed by atoms with Crippen molar-refractivity contribution in [2.45, 2.75) is 50.5 Å². The first-order valence-electron chi connectivity index (χ1n) is 9.43. The molecule has 0 radical (unpaired) electrons. The average molecular weight is 426 g/mol. The van der Waals surface area contributed by atoms with Crippen LogP contribution in [-0.4, -0.2) is 49.8 Å². The maximum Gasteiger partial charge on any atom is 0.318 e. The van der Waals surface area contributed by atoms with Gasteiger partial charge in [-0.3, -0.25) is 14.9 Å². The largest absolute Gasteiger partial charge is 0.452 e. The van der Waals surface area contributed by atoms with Gasteiger partial charge in [0.15, 0.2) is 6.10 Å². The molecule has 160 valence electrons. The Hall–Kier alpha value is -2.46. The first-order valence-corrected chi connectivity index (χ1v) is 10.9. The fraction of sp³-hybridized carbons (Fsp3) is 0.526. The smallest absolute Gasteiger partial charge is 0.318 e. The predicted octanol–water partition coefficient (Wildman–Crippen LogP) is 1.34. The van der Waals surface area contributed by atoms with Gasteiger partial charge in [0.05, 0.1) is 10.8 Å². The lowest BCUT2D eigenvalue weighted by Crippen LogP contribution is -2.44. The van der Waals surface area contributed by atoms with Crippen molar-refractivity contribution in [3.63, 3.8) is 0 Å². The average Bonchev–Trinajstić information content (AvgIpc) is 2.67. The van der Waals surface area contributed by atoms with E-state index in [9.17, 15) is 22.8 Å². The molecule has 1 aliphatic rings. The number of imide groups is 1. The van der Waals surface area contributed by atoms with Crippen LogP contribution < -0.4 is 11.1 Å². The summed E-state index contributed by atoms with van der Waals surface area (Å²) in [6.45, 7) is 5.75. The number of ether oxygens (including phenoxy) is 1. The Bertz CT molecular complexity index is 858. The third kappa shape index (κ3) is 5.77. The molecule has 0 bridgehead atoms. The number of nitrogens with zero attached hydrogens (tertiary/aromatic N) is 1. The van der Waals surface area contributed by atoms with Crippen molar-refractivity contribution in [1.82, 2.24) is 9.62 Å². The second kappa shape index (κ2) is 9.36. The molecule has 2 rings (SSSR count). The van der Waals surface area contributed by atoms with E-state index in [1.807, 2.05) is 19.2 Å². The van der Waals surface area contributed by atoms with Gasteiger partial charge in [-0.05, 0) is 43.4 Å². The normalized spacial score (nSPS) is 17.0. The number of hydrogen-bond donors (Lipinski definition) is 2. The molecular formula is C19H27N3O6S. The molecule has 1 aliphatic heterocycles. The summed E-state index contributed by atoms with van der Waals surface area (Å²) < 4.78 is 32.1. The van der Waals surface area contributed by atoms with E-state index in [4.69, 9.17) is 10.5 Å². The fourth-order valence-corrected chi connectivity index (χ4v) is 4.52. The summed E-state index contributed by atoms with van der Waals surface area (Å²) in [5.41, 5.74) is 5.91. The van der Waals surface area contributed by atoms with E-state index in [1.165, 1.54) is 11.2 Å². The first kappa shape index (κ1) is 22.8. The number of primary amides is 1. The van der Waals surface area contributed by atoms with Gasteiger partial charge in [0.1, 0.15) is 0 Å². The summed E-state index contributed by atoms with van der Waals surface area (Å²) in [5.74, 6) is -1.62. The Kier molecular flexibility index (Phi) is 7.37. The summed E-state index contributed by atoms with van der Waals surface area (Å²) in [6.07, 6.45) is -0.602. The number of hydrogen-bond acceptors (Lipinski definition) is 6. The van der Waals surface area contributed by atoms with Crippen LogP contribution in [0, 0.1) is 5.92 Å². The van der Waals surface area contributed by atoms with Crippen molar-refractivity contribution in [2.24, 2.45) is 11.7 Å². The minimum atomic E-state index is -3.64. The van der Waals surface area contributed by atoms with Gasteiger partial charge in [-0.15, -0.1) is 0 Å². The van der Waals surface area contributed by atoms with Crippen molar-refractivity contribution in [1.29, 1.82) is 0 Å². The highest BCUT2D eigenvalue weighted by atomic mass is 32.2. The molecule has 0 aliphatic carbocycles. The predicted molar refractivity (Wildman–Crippen MR) is 105 cm³/mol.